The number of aromatic nitrogens is 3. The quantitative estimate of drug-likeness (QED) is 0.660. The highest BCUT2D eigenvalue weighted by Gasteiger charge is 2.43. The molecular weight excluding hydrogens is 194 g/mol. The Bertz CT molecular complexity index is 399. The van der Waals surface area contributed by atoms with E-state index in [-0.39, 0.29) is 11.2 Å². The molecule has 0 aromatic carbocycles. The molecule has 1 fully saturated rings. The molecule has 0 N–H and O–H groups in total. The first kappa shape index (κ1) is 9.03. The van der Waals surface area contributed by atoms with Gasteiger partial charge >= 0.3 is 0 Å². The van der Waals surface area contributed by atoms with E-state index in [0.29, 0.717) is 19.0 Å². The number of ether oxygens (including phenoxy) is 1. The topological polar surface area (TPSA) is 57.0 Å². The van der Waals surface area contributed by atoms with Gasteiger partial charge in [0.25, 0.3) is 0 Å². The number of Topliss-reactive ketones (excluding diaryl/α,β-unsaturated/α-hetero) is 1. The van der Waals surface area contributed by atoms with Gasteiger partial charge < -0.3 is 4.74 Å². The molecule has 0 aliphatic carbocycles. The van der Waals surface area contributed by atoms with Gasteiger partial charge in [-0.25, -0.2) is 9.67 Å². The summed E-state index contributed by atoms with van der Waals surface area (Å²) in [7, 11) is 0. The first-order valence-corrected chi connectivity index (χ1v) is 5.25. The van der Waals surface area contributed by atoms with Gasteiger partial charge in [-0.3, -0.25) is 4.79 Å². The molecule has 0 saturated carbocycles. The molecule has 5 nitrogen and oxygen atoms in total. The van der Waals surface area contributed by atoms with E-state index in [1.165, 1.54) is 0 Å². The lowest BCUT2D eigenvalue weighted by atomic mass is 9.83. The maximum atomic E-state index is 12.0. The number of nitrogens with zero attached hydrogens (tertiary/aromatic N) is 3. The predicted octanol–water partition coefficient (Wildman–Crippen LogP) is 0.444. The Labute approximate surface area is 87.4 Å². The molecule has 1 saturated heterocycles. The van der Waals surface area contributed by atoms with Crippen molar-refractivity contribution in [2.45, 2.75) is 26.3 Å². The zero-order chi connectivity index (χ0) is 10.5. The highest BCUT2D eigenvalue weighted by atomic mass is 16.5. The van der Waals surface area contributed by atoms with Crippen molar-refractivity contribution in [3.05, 3.63) is 11.6 Å². The van der Waals surface area contributed by atoms with E-state index in [1.807, 2.05) is 11.6 Å². The van der Waals surface area contributed by atoms with Gasteiger partial charge in [-0.1, -0.05) is 0 Å². The number of hydrogen-bond donors (Lipinski definition) is 0. The van der Waals surface area contributed by atoms with Gasteiger partial charge in [0.2, 0.25) is 11.6 Å². The van der Waals surface area contributed by atoms with E-state index in [4.69, 9.17) is 4.74 Å². The number of ketones is 1. The van der Waals surface area contributed by atoms with E-state index in [1.54, 1.807) is 0 Å². The summed E-state index contributed by atoms with van der Waals surface area (Å²) < 4.78 is 6.92. The number of rotatable bonds is 2. The minimum atomic E-state index is -0.386. The molecule has 15 heavy (non-hydrogen) atoms. The van der Waals surface area contributed by atoms with Gasteiger partial charge in [0.05, 0.1) is 18.6 Å². The SMILES string of the molecule is CC1(C(=O)c2nc3n(n2)CCC3)COC1. The summed E-state index contributed by atoms with van der Waals surface area (Å²) in [6.07, 6.45) is 2.03. The highest BCUT2D eigenvalue weighted by Crippen LogP contribution is 2.30. The van der Waals surface area contributed by atoms with Gasteiger partial charge in [-0.05, 0) is 13.3 Å². The maximum Gasteiger partial charge on any atom is 0.218 e. The van der Waals surface area contributed by atoms with Crippen molar-refractivity contribution in [2.24, 2.45) is 5.41 Å². The lowest BCUT2D eigenvalue weighted by molar-refractivity contribution is -0.0772. The van der Waals surface area contributed by atoms with Crippen LogP contribution in [0.1, 0.15) is 29.8 Å². The third kappa shape index (κ3) is 1.23. The van der Waals surface area contributed by atoms with Crippen LogP contribution in [0.2, 0.25) is 0 Å². The lowest BCUT2D eigenvalue weighted by Gasteiger charge is -2.35. The van der Waals surface area contributed by atoms with Crippen LogP contribution < -0.4 is 0 Å². The van der Waals surface area contributed by atoms with Crippen molar-refractivity contribution in [3.8, 4) is 0 Å². The third-order valence-corrected chi connectivity index (χ3v) is 3.11. The summed E-state index contributed by atoms with van der Waals surface area (Å²) in [6, 6.07) is 0. The van der Waals surface area contributed by atoms with Crippen molar-refractivity contribution in [1.82, 2.24) is 14.8 Å². The molecule has 5 heteroatoms. The average molecular weight is 207 g/mol. The third-order valence-electron chi connectivity index (χ3n) is 3.11. The summed E-state index contributed by atoms with van der Waals surface area (Å²) >= 11 is 0. The molecule has 3 heterocycles. The highest BCUT2D eigenvalue weighted by molar-refractivity contribution is 5.97. The van der Waals surface area contributed by atoms with Gasteiger partial charge in [-0.15, -0.1) is 5.10 Å². The molecule has 3 rings (SSSR count). The molecule has 0 bridgehead atoms. The van der Waals surface area contributed by atoms with Crippen LogP contribution in [0.3, 0.4) is 0 Å². The van der Waals surface area contributed by atoms with Crippen LogP contribution in [-0.4, -0.2) is 33.8 Å². The average Bonchev–Trinajstić information content (AvgIpc) is 2.71. The summed E-state index contributed by atoms with van der Waals surface area (Å²) in [6.45, 7) is 3.79. The Kier molecular flexibility index (Phi) is 1.74. The summed E-state index contributed by atoms with van der Waals surface area (Å²) in [5.74, 6) is 1.34. The Morgan fingerprint density at radius 3 is 2.93 bits per heavy atom. The van der Waals surface area contributed by atoms with Crippen molar-refractivity contribution < 1.29 is 9.53 Å². The van der Waals surface area contributed by atoms with E-state index < -0.39 is 0 Å². The van der Waals surface area contributed by atoms with Gasteiger partial charge in [0, 0.05) is 13.0 Å². The fourth-order valence-electron chi connectivity index (χ4n) is 2.03. The van der Waals surface area contributed by atoms with E-state index in [9.17, 15) is 4.79 Å². The second-order valence-electron chi connectivity index (χ2n) is 4.56. The second-order valence-corrected chi connectivity index (χ2v) is 4.56. The molecule has 0 amide bonds. The van der Waals surface area contributed by atoms with Gasteiger partial charge in [-0.2, -0.15) is 0 Å². The number of carbonyl (C=O) groups is 1. The first-order chi connectivity index (χ1) is 7.19. The van der Waals surface area contributed by atoms with Crippen LogP contribution >= 0.6 is 0 Å². The molecule has 1 aromatic rings. The van der Waals surface area contributed by atoms with Crippen LogP contribution in [0.4, 0.5) is 0 Å². The van der Waals surface area contributed by atoms with E-state index in [0.717, 1.165) is 25.2 Å². The molecule has 80 valence electrons. The van der Waals surface area contributed by atoms with Gasteiger partial charge in [0.1, 0.15) is 5.82 Å². The largest absolute Gasteiger partial charge is 0.379 e. The number of hydrogen-bond acceptors (Lipinski definition) is 4. The molecule has 2 aliphatic heterocycles. The van der Waals surface area contributed by atoms with Crippen LogP contribution in [0.25, 0.3) is 0 Å². The Balaban J connectivity index is 1.89. The lowest BCUT2D eigenvalue weighted by Crippen LogP contribution is -2.46. The van der Waals surface area contributed by atoms with Crippen molar-refractivity contribution in [2.75, 3.05) is 13.2 Å². The van der Waals surface area contributed by atoms with Crippen molar-refractivity contribution in [1.29, 1.82) is 0 Å². The molecule has 0 unspecified atom stereocenters. The molecule has 0 spiro atoms. The zero-order valence-corrected chi connectivity index (χ0v) is 8.69. The predicted molar refractivity (Wildman–Crippen MR) is 51.6 cm³/mol. The monoisotopic (exact) mass is 207 g/mol. The summed E-state index contributed by atoms with van der Waals surface area (Å²) in [4.78, 5) is 16.3. The molecular formula is C10H13N3O2. The van der Waals surface area contributed by atoms with Crippen LogP contribution in [-0.2, 0) is 17.7 Å². The smallest absolute Gasteiger partial charge is 0.218 e. The molecule has 0 radical (unpaired) electrons. The van der Waals surface area contributed by atoms with Crippen LogP contribution in [0.15, 0.2) is 0 Å². The van der Waals surface area contributed by atoms with Gasteiger partial charge in [0.15, 0.2) is 0 Å². The normalized spacial score (nSPS) is 22.2. The molecule has 1 aromatic heterocycles. The first-order valence-electron chi connectivity index (χ1n) is 5.25. The van der Waals surface area contributed by atoms with Crippen molar-refractivity contribution >= 4 is 5.78 Å². The summed E-state index contributed by atoms with van der Waals surface area (Å²) in [5.41, 5.74) is -0.386. The van der Waals surface area contributed by atoms with Crippen LogP contribution in [0, 0.1) is 5.41 Å². The Morgan fingerprint density at radius 1 is 1.53 bits per heavy atom. The summed E-state index contributed by atoms with van der Waals surface area (Å²) in [5, 5.41) is 4.24. The fourth-order valence-corrected chi connectivity index (χ4v) is 2.03. The Morgan fingerprint density at radius 2 is 2.33 bits per heavy atom. The molecule has 0 atom stereocenters. The number of aryl methyl sites for hydroxylation is 2. The Hall–Kier alpha value is -1.23. The second kappa shape index (κ2) is 2.88. The molecule has 2 aliphatic rings. The number of carbonyl (C=O) groups excluding carboxylic acids is 1. The van der Waals surface area contributed by atoms with Crippen molar-refractivity contribution in [3.63, 3.8) is 0 Å². The number of fused-ring (bicyclic) bond motifs is 1. The fraction of sp³-hybridized carbons (Fsp3) is 0.700. The maximum absolute atomic E-state index is 12.0. The standard InChI is InChI=1S/C10H13N3O2/c1-10(5-15-6-10)8(14)9-11-7-3-2-4-13(7)12-9/h2-6H2,1H3. The zero-order valence-electron chi connectivity index (χ0n) is 8.69. The minimum absolute atomic E-state index is 0.0238. The van der Waals surface area contributed by atoms with E-state index >= 15 is 0 Å². The van der Waals surface area contributed by atoms with E-state index in [2.05, 4.69) is 10.1 Å². The minimum Gasteiger partial charge on any atom is -0.379 e. The van der Waals surface area contributed by atoms with Crippen LogP contribution in [0.5, 0.6) is 0 Å².